The molecule has 0 heterocycles. The van der Waals surface area contributed by atoms with Crippen molar-refractivity contribution in [2.75, 3.05) is 20.3 Å². The van der Waals surface area contributed by atoms with Crippen LogP contribution in [-0.4, -0.2) is 20.3 Å². The first kappa shape index (κ1) is 15.9. The van der Waals surface area contributed by atoms with Gasteiger partial charge in [-0.2, -0.15) is 13.2 Å². The standard InChI is InChI=1S/C13H17F4NO/c1-19-5-3-2-4-18-9-10-6-11(13(15,16)17)8-12(14)7-10/h6-8,18H,2-5,9H2,1H3. The number of alkyl halides is 3. The molecular weight excluding hydrogens is 262 g/mol. The highest BCUT2D eigenvalue weighted by atomic mass is 19.4. The number of nitrogens with one attached hydrogen (secondary N) is 1. The molecule has 0 unspecified atom stereocenters. The highest BCUT2D eigenvalue weighted by Crippen LogP contribution is 2.30. The minimum absolute atomic E-state index is 0.216. The molecule has 1 N–H and O–H groups in total. The van der Waals surface area contributed by atoms with Gasteiger partial charge in [-0.15, -0.1) is 0 Å². The van der Waals surface area contributed by atoms with Crippen molar-refractivity contribution in [2.45, 2.75) is 25.6 Å². The maximum Gasteiger partial charge on any atom is 0.416 e. The maximum atomic E-state index is 13.1. The zero-order valence-electron chi connectivity index (χ0n) is 10.7. The zero-order valence-corrected chi connectivity index (χ0v) is 10.7. The normalized spacial score (nSPS) is 11.8. The van der Waals surface area contributed by atoms with Gasteiger partial charge in [0.25, 0.3) is 0 Å². The Morgan fingerprint density at radius 2 is 1.89 bits per heavy atom. The highest BCUT2D eigenvalue weighted by Gasteiger charge is 2.31. The second-order valence-electron chi connectivity index (χ2n) is 4.22. The number of rotatable bonds is 7. The Morgan fingerprint density at radius 3 is 2.53 bits per heavy atom. The van der Waals surface area contributed by atoms with Gasteiger partial charge in [-0.25, -0.2) is 4.39 Å². The minimum Gasteiger partial charge on any atom is -0.385 e. The summed E-state index contributed by atoms with van der Waals surface area (Å²) in [5.74, 6) is -0.869. The summed E-state index contributed by atoms with van der Waals surface area (Å²) < 4.78 is 55.4. The molecule has 19 heavy (non-hydrogen) atoms. The summed E-state index contributed by atoms with van der Waals surface area (Å²) in [6.45, 7) is 1.52. The molecule has 0 atom stereocenters. The van der Waals surface area contributed by atoms with Crippen LogP contribution in [0.15, 0.2) is 18.2 Å². The average molecular weight is 279 g/mol. The second kappa shape index (κ2) is 7.45. The lowest BCUT2D eigenvalue weighted by Gasteiger charge is -2.10. The Labute approximate surface area is 109 Å². The molecule has 1 rings (SSSR count). The predicted octanol–water partition coefficient (Wildman–Crippen LogP) is 3.36. The van der Waals surface area contributed by atoms with E-state index in [0.29, 0.717) is 24.8 Å². The smallest absolute Gasteiger partial charge is 0.385 e. The van der Waals surface area contributed by atoms with E-state index in [9.17, 15) is 17.6 Å². The Morgan fingerprint density at radius 1 is 1.16 bits per heavy atom. The van der Waals surface area contributed by atoms with Crippen molar-refractivity contribution in [3.8, 4) is 0 Å². The summed E-state index contributed by atoms with van der Waals surface area (Å²) >= 11 is 0. The fourth-order valence-corrected chi connectivity index (χ4v) is 1.65. The van der Waals surface area contributed by atoms with Gasteiger partial charge in [-0.05, 0) is 43.1 Å². The van der Waals surface area contributed by atoms with Crippen LogP contribution < -0.4 is 5.32 Å². The van der Waals surface area contributed by atoms with Crippen LogP contribution in [0, 0.1) is 5.82 Å². The van der Waals surface area contributed by atoms with E-state index in [1.165, 1.54) is 0 Å². The third-order valence-corrected chi connectivity index (χ3v) is 2.57. The fraction of sp³-hybridized carbons (Fsp3) is 0.538. The van der Waals surface area contributed by atoms with Crippen LogP contribution in [0.1, 0.15) is 24.0 Å². The van der Waals surface area contributed by atoms with Crippen LogP contribution in [0.3, 0.4) is 0 Å². The van der Waals surface area contributed by atoms with Crippen molar-refractivity contribution in [3.63, 3.8) is 0 Å². The van der Waals surface area contributed by atoms with Crippen molar-refractivity contribution in [3.05, 3.63) is 35.1 Å². The average Bonchev–Trinajstić information content (AvgIpc) is 2.32. The van der Waals surface area contributed by atoms with Crippen molar-refractivity contribution in [2.24, 2.45) is 0 Å². The molecule has 6 heteroatoms. The third-order valence-electron chi connectivity index (χ3n) is 2.57. The molecule has 0 radical (unpaired) electrons. The van der Waals surface area contributed by atoms with E-state index in [0.717, 1.165) is 25.0 Å². The molecular formula is C13H17F4NO. The van der Waals surface area contributed by atoms with Gasteiger partial charge >= 0.3 is 6.18 Å². The Hall–Kier alpha value is -1.14. The van der Waals surface area contributed by atoms with Gasteiger partial charge in [0.15, 0.2) is 0 Å². The lowest BCUT2D eigenvalue weighted by atomic mass is 10.1. The molecule has 0 saturated carbocycles. The molecule has 1 aromatic rings. The Kier molecular flexibility index (Phi) is 6.24. The van der Waals surface area contributed by atoms with Crippen molar-refractivity contribution in [1.29, 1.82) is 0 Å². The van der Waals surface area contributed by atoms with E-state index in [1.807, 2.05) is 0 Å². The van der Waals surface area contributed by atoms with Crippen molar-refractivity contribution >= 4 is 0 Å². The first-order valence-corrected chi connectivity index (χ1v) is 6.00. The van der Waals surface area contributed by atoms with Crippen molar-refractivity contribution < 1.29 is 22.3 Å². The van der Waals surface area contributed by atoms with Crippen LogP contribution in [0.4, 0.5) is 17.6 Å². The quantitative estimate of drug-likeness (QED) is 0.610. The van der Waals surface area contributed by atoms with Gasteiger partial charge < -0.3 is 10.1 Å². The molecule has 0 spiro atoms. The van der Waals surface area contributed by atoms with Crippen LogP contribution in [0.5, 0.6) is 0 Å². The Bertz CT molecular complexity index is 393. The van der Waals surface area contributed by atoms with Crippen molar-refractivity contribution in [1.82, 2.24) is 5.32 Å². The molecule has 1 aromatic carbocycles. The monoisotopic (exact) mass is 279 g/mol. The molecule has 0 fully saturated rings. The van der Waals surface area contributed by atoms with Crippen LogP contribution in [0.2, 0.25) is 0 Å². The number of unbranched alkanes of at least 4 members (excludes halogenated alkanes) is 1. The molecule has 0 aliphatic heterocycles. The van der Waals surface area contributed by atoms with Gasteiger partial charge in [-0.1, -0.05) is 0 Å². The summed E-state index contributed by atoms with van der Waals surface area (Å²) in [6, 6.07) is 2.57. The van der Waals surface area contributed by atoms with E-state index in [4.69, 9.17) is 4.74 Å². The molecule has 0 bridgehead atoms. The number of methoxy groups -OCH3 is 1. The first-order valence-electron chi connectivity index (χ1n) is 6.00. The van der Waals surface area contributed by atoms with E-state index >= 15 is 0 Å². The first-order chi connectivity index (χ1) is 8.93. The van der Waals surface area contributed by atoms with Gasteiger partial charge in [0.1, 0.15) is 5.82 Å². The summed E-state index contributed by atoms with van der Waals surface area (Å²) in [7, 11) is 1.61. The van der Waals surface area contributed by atoms with Crippen LogP contribution >= 0.6 is 0 Å². The molecule has 0 saturated heterocycles. The lowest BCUT2D eigenvalue weighted by molar-refractivity contribution is -0.137. The molecule has 2 nitrogen and oxygen atoms in total. The fourth-order valence-electron chi connectivity index (χ4n) is 1.65. The molecule has 0 aliphatic carbocycles. The summed E-state index contributed by atoms with van der Waals surface area (Å²) in [5.41, 5.74) is -0.664. The largest absolute Gasteiger partial charge is 0.416 e. The molecule has 108 valence electrons. The SMILES string of the molecule is COCCCCNCc1cc(F)cc(C(F)(F)F)c1. The summed E-state index contributed by atoms with van der Waals surface area (Å²) in [5, 5.41) is 2.98. The number of halogens is 4. The van der Waals surface area contributed by atoms with Crippen LogP contribution in [-0.2, 0) is 17.5 Å². The van der Waals surface area contributed by atoms with E-state index in [2.05, 4.69) is 5.32 Å². The zero-order chi connectivity index (χ0) is 14.3. The number of benzene rings is 1. The van der Waals surface area contributed by atoms with Crippen LogP contribution in [0.25, 0.3) is 0 Å². The van der Waals surface area contributed by atoms with Gasteiger partial charge in [0.05, 0.1) is 5.56 Å². The topological polar surface area (TPSA) is 21.3 Å². The highest BCUT2D eigenvalue weighted by molar-refractivity contribution is 5.26. The third kappa shape index (κ3) is 6.02. The Balaban J connectivity index is 2.48. The lowest BCUT2D eigenvalue weighted by Crippen LogP contribution is -2.16. The molecule has 0 amide bonds. The summed E-state index contributed by atoms with van der Waals surface area (Å²) in [4.78, 5) is 0. The maximum absolute atomic E-state index is 13.1. The number of ether oxygens (including phenoxy) is 1. The van der Waals surface area contributed by atoms with Gasteiger partial charge in [0, 0.05) is 20.3 Å². The van der Waals surface area contributed by atoms with Gasteiger partial charge in [0.2, 0.25) is 0 Å². The minimum atomic E-state index is -4.52. The molecule has 0 aromatic heterocycles. The second-order valence-corrected chi connectivity index (χ2v) is 4.22. The van der Waals surface area contributed by atoms with Gasteiger partial charge in [-0.3, -0.25) is 0 Å². The van der Waals surface area contributed by atoms with E-state index < -0.39 is 17.6 Å². The molecule has 0 aliphatic rings. The number of hydrogen-bond donors (Lipinski definition) is 1. The number of hydrogen-bond acceptors (Lipinski definition) is 2. The summed E-state index contributed by atoms with van der Waals surface area (Å²) in [6.07, 6.45) is -2.79. The predicted molar refractivity (Wildman–Crippen MR) is 64.2 cm³/mol. The van der Waals surface area contributed by atoms with E-state index in [-0.39, 0.29) is 6.54 Å². The van der Waals surface area contributed by atoms with E-state index in [1.54, 1.807) is 7.11 Å².